The summed E-state index contributed by atoms with van der Waals surface area (Å²) < 4.78 is 14.2. The lowest BCUT2D eigenvalue weighted by Crippen LogP contribution is -2.33. The Balaban J connectivity index is 2.24. The number of benzene rings is 1. The molecule has 1 saturated carbocycles. The van der Waals surface area contributed by atoms with Crippen molar-refractivity contribution in [1.29, 1.82) is 0 Å². The third-order valence-corrected chi connectivity index (χ3v) is 5.06. The molecular weight excluding hydrogens is 273 g/mol. The molecule has 0 aromatic heterocycles. The molecule has 0 radical (unpaired) electrons. The van der Waals surface area contributed by atoms with Crippen LogP contribution >= 0.6 is 11.6 Å². The van der Waals surface area contributed by atoms with Gasteiger partial charge in [-0.15, -0.1) is 0 Å². The number of rotatable bonds is 4. The highest BCUT2D eigenvalue weighted by Crippen LogP contribution is 2.40. The van der Waals surface area contributed by atoms with Gasteiger partial charge in [0.25, 0.3) is 0 Å². The summed E-state index contributed by atoms with van der Waals surface area (Å²) in [7, 11) is 0. The van der Waals surface area contributed by atoms with E-state index in [1.165, 1.54) is 12.5 Å². The fraction of sp³-hybridized carbons (Fsp3) is 0.647. The Labute approximate surface area is 126 Å². The van der Waals surface area contributed by atoms with Crippen molar-refractivity contribution in [2.24, 2.45) is 17.8 Å². The number of nitrogens with one attached hydrogen (secondary N) is 1. The van der Waals surface area contributed by atoms with E-state index in [0.717, 1.165) is 30.9 Å². The van der Waals surface area contributed by atoms with Crippen LogP contribution in [0.1, 0.15) is 51.6 Å². The zero-order valence-corrected chi connectivity index (χ0v) is 13.4. The summed E-state index contributed by atoms with van der Waals surface area (Å²) in [6.07, 6.45) is 3.55. The lowest BCUT2D eigenvalue weighted by Gasteiger charge is -2.37. The largest absolute Gasteiger partial charge is 0.310 e. The summed E-state index contributed by atoms with van der Waals surface area (Å²) in [6, 6.07) is 4.97. The molecule has 1 aliphatic carbocycles. The van der Waals surface area contributed by atoms with Crippen LogP contribution in [0.2, 0.25) is 5.02 Å². The standard InChI is InChI=1S/C17H25ClFN/c1-4-20-17(13-6-5-11(2)12(3)9-13)15-10-14(18)7-8-16(15)19/h7-8,10-13,17,20H,4-6,9H2,1-3H3. The van der Waals surface area contributed by atoms with Crippen LogP contribution in [-0.2, 0) is 0 Å². The molecule has 1 nitrogen and oxygen atoms in total. The van der Waals surface area contributed by atoms with Gasteiger partial charge >= 0.3 is 0 Å². The topological polar surface area (TPSA) is 12.0 Å². The van der Waals surface area contributed by atoms with Crippen molar-refractivity contribution in [3.05, 3.63) is 34.6 Å². The highest BCUT2D eigenvalue weighted by molar-refractivity contribution is 6.30. The maximum atomic E-state index is 14.2. The molecule has 0 saturated heterocycles. The molecule has 3 heteroatoms. The first-order valence-electron chi connectivity index (χ1n) is 7.71. The zero-order valence-electron chi connectivity index (χ0n) is 12.6. The molecule has 2 rings (SSSR count). The summed E-state index contributed by atoms with van der Waals surface area (Å²) in [5.41, 5.74) is 0.728. The highest BCUT2D eigenvalue weighted by Gasteiger charge is 2.31. The zero-order chi connectivity index (χ0) is 14.7. The average Bonchev–Trinajstić information content (AvgIpc) is 2.42. The van der Waals surface area contributed by atoms with Crippen LogP contribution in [0.15, 0.2) is 18.2 Å². The van der Waals surface area contributed by atoms with Gasteiger partial charge in [0.05, 0.1) is 0 Å². The van der Waals surface area contributed by atoms with E-state index in [1.807, 2.05) is 0 Å². The molecule has 1 aromatic carbocycles. The normalized spacial score (nSPS) is 28.4. The molecule has 4 atom stereocenters. The molecule has 1 N–H and O–H groups in total. The maximum absolute atomic E-state index is 14.2. The summed E-state index contributed by atoms with van der Waals surface area (Å²) in [4.78, 5) is 0. The number of halogens is 2. The molecule has 1 fully saturated rings. The summed E-state index contributed by atoms with van der Waals surface area (Å²) in [5.74, 6) is 1.83. The average molecular weight is 298 g/mol. The lowest BCUT2D eigenvalue weighted by atomic mass is 9.72. The van der Waals surface area contributed by atoms with Crippen molar-refractivity contribution in [1.82, 2.24) is 5.32 Å². The van der Waals surface area contributed by atoms with Crippen LogP contribution in [0.4, 0.5) is 4.39 Å². The minimum atomic E-state index is -0.147. The fourth-order valence-electron chi connectivity index (χ4n) is 3.40. The van der Waals surface area contributed by atoms with Crippen LogP contribution in [0.5, 0.6) is 0 Å². The summed E-state index contributed by atoms with van der Waals surface area (Å²) >= 11 is 6.06. The highest BCUT2D eigenvalue weighted by atomic mass is 35.5. The van der Waals surface area contributed by atoms with Gasteiger partial charge in [-0.1, -0.05) is 38.8 Å². The molecule has 0 bridgehead atoms. The van der Waals surface area contributed by atoms with Crippen molar-refractivity contribution in [2.75, 3.05) is 6.54 Å². The molecule has 0 aliphatic heterocycles. The van der Waals surface area contributed by atoms with Gasteiger partial charge < -0.3 is 5.32 Å². The van der Waals surface area contributed by atoms with Gasteiger partial charge in [0.2, 0.25) is 0 Å². The van der Waals surface area contributed by atoms with E-state index in [-0.39, 0.29) is 11.9 Å². The Bertz CT molecular complexity index is 449. The number of hydrogen-bond acceptors (Lipinski definition) is 1. The van der Waals surface area contributed by atoms with Gasteiger partial charge in [-0.05, 0) is 55.3 Å². The predicted molar refractivity (Wildman–Crippen MR) is 83.5 cm³/mol. The Morgan fingerprint density at radius 3 is 2.70 bits per heavy atom. The Morgan fingerprint density at radius 2 is 2.05 bits per heavy atom. The van der Waals surface area contributed by atoms with Gasteiger partial charge in [0, 0.05) is 16.6 Å². The molecule has 0 spiro atoms. The Hall–Kier alpha value is -0.600. The summed E-state index contributed by atoms with van der Waals surface area (Å²) in [5, 5.41) is 4.09. The van der Waals surface area contributed by atoms with E-state index >= 15 is 0 Å². The minimum absolute atomic E-state index is 0.0775. The SMILES string of the molecule is CCNC(c1cc(Cl)ccc1F)C1CCC(C)C(C)C1. The summed E-state index contributed by atoms with van der Waals surface area (Å²) in [6.45, 7) is 7.55. The van der Waals surface area contributed by atoms with Crippen molar-refractivity contribution in [2.45, 2.75) is 46.1 Å². The van der Waals surface area contributed by atoms with E-state index in [0.29, 0.717) is 16.9 Å². The molecule has 0 amide bonds. The molecule has 112 valence electrons. The van der Waals surface area contributed by atoms with E-state index in [4.69, 9.17) is 11.6 Å². The van der Waals surface area contributed by atoms with Gasteiger partial charge in [-0.3, -0.25) is 0 Å². The van der Waals surface area contributed by atoms with Gasteiger partial charge in [0.15, 0.2) is 0 Å². The van der Waals surface area contributed by atoms with E-state index < -0.39 is 0 Å². The number of hydrogen-bond donors (Lipinski definition) is 1. The first-order chi connectivity index (χ1) is 9.52. The molecule has 4 unspecified atom stereocenters. The van der Waals surface area contributed by atoms with Crippen LogP contribution in [0, 0.1) is 23.6 Å². The monoisotopic (exact) mass is 297 g/mol. The van der Waals surface area contributed by atoms with Gasteiger partial charge in [-0.25, -0.2) is 4.39 Å². The minimum Gasteiger partial charge on any atom is -0.310 e. The van der Waals surface area contributed by atoms with Crippen molar-refractivity contribution in [3.8, 4) is 0 Å². The molecule has 1 aromatic rings. The van der Waals surface area contributed by atoms with Crippen LogP contribution in [0.25, 0.3) is 0 Å². The second-order valence-electron chi connectivity index (χ2n) is 6.23. The van der Waals surface area contributed by atoms with Gasteiger partial charge in [0.1, 0.15) is 5.82 Å². The fourth-order valence-corrected chi connectivity index (χ4v) is 3.58. The second-order valence-corrected chi connectivity index (χ2v) is 6.67. The van der Waals surface area contributed by atoms with E-state index in [1.54, 1.807) is 12.1 Å². The Morgan fingerprint density at radius 1 is 1.30 bits per heavy atom. The Kier molecular flexibility index (Phi) is 5.45. The molecule has 20 heavy (non-hydrogen) atoms. The van der Waals surface area contributed by atoms with Crippen LogP contribution in [-0.4, -0.2) is 6.54 Å². The molecule has 0 heterocycles. The smallest absolute Gasteiger partial charge is 0.128 e. The lowest BCUT2D eigenvalue weighted by molar-refractivity contribution is 0.170. The van der Waals surface area contributed by atoms with Crippen molar-refractivity contribution < 1.29 is 4.39 Å². The maximum Gasteiger partial charge on any atom is 0.128 e. The van der Waals surface area contributed by atoms with Crippen molar-refractivity contribution >= 4 is 11.6 Å². The quantitative estimate of drug-likeness (QED) is 0.805. The molecular formula is C17H25ClFN. The second kappa shape index (κ2) is 6.91. The van der Waals surface area contributed by atoms with Crippen molar-refractivity contribution in [3.63, 3.8) is 0 Å². The van der Waals surface area contributed by atoms with E-state index in [9.17, 15) is 4.39 Å². The predicted octanol–water partition coefficient (Wildman–Crippen LogP) is 5.20. The first-order valence-corrected chi connectivity index (χ1v) is 8.09. The third kappa shape index (κ3) is 3.53. The van der Waals surface area contributed by atoms with Gasteiger partial charge in [-0.2, -0.15) is 0 Å². The first kappa shape index (κ1) is 15.8. The van der Waals surface area contributed by atoms with E-state index in [2.05, 4.69) is 26.1 Å². The van der Waals surface area contributed by atoms with Crippen LogP contribution < -0.4 is 5.32 Å². The third-order valence-electron chi connectivity index (χ3n) is 4.83. The molecule has 1 aliphatic rings. The van der Waals surface area contributed by atoms with Crippen LogP contribution in [0.3, 0.4) is 0 Å².